The van der Waals surface area contributed by atoms with Crippen molar-refractivity contribution in [1.82, 2.24) is 9.80 Å². The Labute approximate surface area is 176 Å². The van der Waals surface area contributed by atoms with Crippen molar-refractivity contribution in [2.75, 3.05) is 30.3 Å². The van der Waals surface area contributed by atoms with Crippen molar-refractivity contribution >= 4 is 29.2 Å². The summed E-state index contributed by atoms with van der Waals surface area (Å²) in [7, 11) is 0. The van der Waals surface area contributed by atoms with Gasteiger partial charge in [0, 0.05) is 38.2 Å². The zero-order valence-electron chi connectivity index (χ0n) is 16.9. The van der Waals surface area contributed by atoms with Crippen LogP contribution in [0.4, 0.5) is 16.2 Å². The molecule has 0 aliphatic carbocycles. The first-order valence-electron chi connectivity index (χ1n) is 10.4. The first kappa shape index (κ1) is 19.9. The Hall–Kier alpha value is -3.35. The predicted octanol–water partition coefficient (Wildman–Crippen LogP) is 3.69. The van der Waals surface area contributed by atoms with Crippen LogP contribution in [0.3, 0.4) is 0 Å². The molecule has 156 valence electrons. The highest BCUT2D eigenvalue weighted by atomic mass is 16.2. The molecule has 7 heteroatoms. The van der Waals surface area contributed by atoms with Gasteiger partial charge in [-0.25, -0.2) is 4.79 Å². The van der Waals surface area contributed by atoms with Crippen molar-refractivity contribution in [3.8, 4) is 0 Å². The largest absolute Gasteiger partial charge is 0.338 e. The number of nitrogens with zero attached hydrogens (tertiary/aromatic N) is 2. The summed E-state index contributed by atoms with van der Waals surface area (Å²) in [4.78, 5) is 40.5. The summed E-state index contributed by atoms with van der Waals surface area (Å²) in [6.45, 7) is 2.89. The zero-order valence-corrected chi connectivity index (χ0v) is 16.9. The fourth-order valence-electron chi connectivity index (χ4n) is 3.86. The van der Waals surface area contributed by atoms with Crippen LogP contribution in [0, 0.1) is 0 Å². The van der Waals surface area contributed by atoms with Gasteiger partial charge in [-0.05, 0) is 49.1 Å². The Morgan fingerprint density at radius 3 is 2.13 bits per heavy atom. The lowest BCUT2D eigenvalue weighted by molar-refractivity contribution is -0.128. The molecule has 0 radical (unpaired) electrons. The van der Waals surface area contributed by atoms with Crippen molar-refractivity contribution in [2.24, 2.45) is 0 Å². The molecule has 2 aliphatic heterocycles. The molecule has 2 N–H and O–H groups in total. The number of rotatable bonds is 5. The third-order valence-corrected chi connectivity index (χ3v) is 5.57. The Kier molecular flexibility index (Phi) is 5.97. The summed E-state index contributed by atoms with van der Waals surface area (Å²) in [5, 5.41) is 5.78. The fraction of sp³-hybridized carbons (Fsp3) is 0.348. The minimum absolute atomic E-state index is 0.144. The zero-order chi connectivity index (χ0) is 20.9. The Balaban J connectivity index is 1.40. The van der Waals surface area contributed by atoms with Gasteiger partial charge in [-0.1, -0.05) is 24.3 Å². The van der Waals surface area contributed by atoms with Gasteiger partial charge < -0.3 is 20.4 Å². The van der Waals surface area contributed by atoms with Crippen LogP contribution in [0.2, 0.25) is 0 Å². The minimum Gasteiger partial charge on any atom is -0.338 e. The van der Waals surface area contributed by atoms with E-state index in [4.69, 9.17) is 0 Å². The maximum absolute atomic E-state index is 12.7. The van der Waals surface area contributed by atoms with Crippen LogP contribution >= 0.6 is 0 Å². The molecule has 0 spiro atoms. The highest BCUT2D eigenvalue weighted by Crippen LogP contribution is 2.23. The fourth-order valence-corrected chi connectivity index (χ4v) is 3.86. The van der Waals surface area contributed by atoms with Crippen molar-refractivity contribution in [3.63, 3.8) is 0 Å². The first-order valence-corrected chi connectivity index (χ1v) is 10.4. The monoisotopic (exact) mass is 406 g/mol. The molecule has 0 atom stereocenters. The van der Waals surface area contributed by atoms with E-state index in [2.05, 4.69) is 10.6 Å². The molecule has 4 rings (SSSR count). The topological polar surface area (TPSA) is 81.8 Å². The first-order chi connectivity index (χ1) is 14.6. The van der Waals surface area contributed by atoms with Crippen LogP contribution in [0.15, 0.2) is 48.5 Å². The number of para-hydroxylation sites is 2. The SMILES string of the molecule is O=C(Nc1ccccc1NC(=O)N1CCCC1)c1ccc(CN2CCCC2=O)cc1. The van der Waals surface area contributed by atoms with E-state index in [9.17, 15) is 14.4 Å². The van der Waals surface area contributed by atoms with E-state index in [0.717, 1.165) is 44.5 Å². The van der Waals surface area contributed by atoms with Gasteiger partial charge >= 0.3 is 6.03 Å². The van der Waals surface area contributed by atoms with E-state index in [1.165, 1.54) is 0 Å². The molecule has 0 saturated carbocycles. The van der Waals surface area contributed by atoms with Crippen molar-refractivity contribution in [2.45, 2.75) is 32.2 Å². The molecule has 7 nitrogen and oxygen atoms in total. The maximum Gasteiger partial charge on any atom is 0.321 e. The number of urea groups is 1. The van der Waals surface area contributed by atoms with Crippen molar-refractivity contribution < 1.29 is 14.4 Å². The number of nitrogens with one attached hydrogen (secondary N) is 2. The summed E-state index contributed by atoms with van der Waals surface area (Å²) in [6.07, 6.45) is 3.57. The second kappa shape index (κ2) is 8.98. The molecule has 2 aromatic rings. The van der Waals surface area contributed by atoms with E-state index >= 15 is 0 Å². The summed E-state index contributed by atoms with van der Waals surface area (Å²) in [5.41, 5.74) is 2.65. The van der Waals surface area contributed by atoms with Gasteiger partial charge in [0.15, 0.2) is 0 Å². The van der Waals surface area contributed by atoms with E-state index in [1.54, 1.807) is 29.2 Å². The van der Waals surface area contributed by atoms with Crippen molar-refractivity contribution in [1.29, 1.82) is 0 Å². The number of hydrogen-bond acceptors (Lipinski definition) is 3. The summed E-state index contributed by atoms with van der Waals surface area (Å²) >= 11 is 0. The lowest BCUT2D eigenvalue weighted by Gasteiger charge is -2.18. The smallest absolute Gasteiger partial charge is 0.321 e. The third-order valence-electron chi connectivity index (χ3n) is 5.57. The van der Waals surface area contributed by atoms with Gasteiger partial charge in [0.1, 0.15) is 0 Å². The molecule has 2 saturated heterocycles. The Morgan fingerprint density at radius 2 is 1.50 bits per heavy atom. The van der Waals surface area contributed by atoms with Gasteiger partial charge in [-0.15, -0.1) is 0 Å². The molecule has 30 heavy (non-hydrogen) atoms. The number of carbonyl (C=O) groups excluding carboxylic acids is 3. The molecule has 2 aliphatic rings. The maximum atomic E-state index is 12.7. The second-order valence-electron chi connectivity index (χ2n) is 7.74. The minimum atomic E-state index is -0.248. The highest BCUT2D eigenvalue weighted by molar-refractivity contribution is 6.07. The molecular formula is C23H26N4O3. The van der Waals surface area contributed by atoms with Gasteiger partial charge in [-0.2, -0.15) is 0 Å². The summed E-state index contributed by atoms with van der Waals surface area (Å²) in [6, 6.07) is 14.3. The lowest BCUT2D eigenvalue weighted by atomic mass is 10.1. The molecular weight excluding hydrogens is 380 g/mol. The number of likely N-dealkylation sites (tertiary alicyclic amines) is 2. The van der Waals surface area contributed by atoms with Gasteiger partial charge in [0.25, 0.3) is 5.91 Å². The van der Waals surface area contributed by atoms with Crippen LogP contribution in [-0.4, -0.2) is 47.3 Å². The Morgan fingerprint density at radius 1 is 0.833 bits per heavy atom. The summed E-state index contributed by atoms with van der Waals surface area (Å²) in [5.74, 6) is -0.0638. The average Bonchev–Trinajstić information content (AvgIpc) is 3.42. The standard InChI is InChI=1S/C23H26N4O3/c28-21-8-5-15-27(21)16-17-9-11-18(12-10-17)22(29)24-19-6-1-2-7-20(19)25-23(30)26-13-3-4-14-26/h1-2,6-7,9-12H,3-5,8,13-16H2,(H,24,29)(H,25,30). The van der Waals surface area contributed by atoms with Crippen LogP contribution in [0.5, 0.6) is 0 Å². The molecule has 0 bridgehead atoms. The van der Waals surface area contributed by atoms with Crippen molar-refractivity contribution in [3.05, 3.63) is 59.7 Å². The van der Waals surface area contributed by atoms with Gasteiger partial charge in [0.2, 0.25) is 5.91 Å². The molecule has 2 fully saturated rings. The molecule has 0 unspecified atom stereocenters. The summed E-state index contributed by atoms with van der Waals surface area (Å²) < 4.78 is 0. The van der Waals surface area contributed by atoms with E-state index in [1.807, 2.05) is 29.2 Å². The molecule has 2 heterocycles. The molecule has 4 amide bonds. The van der Waals surface area contributed by atoms with Crippen LogP contribution in [-0.2, 0) is 11.3 Å². The van der Waals surface area contributed by atoms with Crippen LogP contribution < -0.4 is 10.6 Å². The number of carbonyl (C=O) groups is 3. The van der Waals surface area contributed by atoms with E-state index in [-0.39, 0.29) is 17.8 Å². The van der Waals surface area contributed by atoms with Crippen LogP contribution in [0.25, 0.3) is 0 Å². The lowest BCUT2D eigenvalue weighted by Crippen LogP contribution is -2.32. The second-order valence-corrected chi connectivity index (χ2v) is 7.74. The average molecular weight is 406 g/mol. The van der Waals surface area contributed by atoms with Gasteiger partial charge in [0.05, 0.1) is 11.4 Å². The third kappa shape index (κ3) is 4.62. The normalized spacial score (nSPS) is 16.1. The molecule has 2 aromatic carbocycles. The number of hydrogen-bond donors (Lipinski definition) is 2. The predicted molar refractivity (Wildman–Crippen MR) is 115 cm³/mol. The Bertz CT molecular complexity index is 936. The molecule has 0 aromatic heterocycles. The van der Waals surface area contributed by atoms with E-state index < -0.39 is 0 Å². The quantitative estimate of drug-likeness (QED) is 0.795. The van der Waals surface area contributed by atoms with E-state index in [0.29, 0.717) is 29.9 Å². The van der Waals surface area contributed by atoms with Gasteiger partial charge in [-0.3, -0.25) is 9.59 Å². The number of amides is 4. The van der Waals surface area contributed by atoms with Crippen LogP contribution in [0.1, 0.15) is 41.6 Å². The number of benzene rings is 2. The number of anilines is 2. The highest BCUT2D eigenvalue weighted by Gasteiger charge is 2.21.